The second-order valence-corrected chi connectivity index (χ2v) is 5.21. The zero-order valence-electron chi connectivity index (χ0n) is 11.7. The normalized spacial score (nSPS) is 11.8. The molecule has 1 rings (SSSR count). The van der Waals surface area contributed by atoms with E-state index in [-0.39, 0.29) is 5.69 Å². The third kappa shape index (κ3) is 4.47. The quantitative estimate of drug-likeness (QED) is 0.616. The van der Waals surface area contributed by atoms with E-state index in [1.807, 2.05) is 19.0 Å². The number of nitrogens with zero attached hydrogens (tertiary/aromatic N) is 3. The highest BCUT2D eigenvalue weighted by molar-refractivity contribution is 6.31. The second kappa shape index (κ2) is 6.48. The minimum Gasteiger partial charge on any atom is -0.368 e. The van der Waals surface area contributed by atoms with Gasteiger partial charge in [-0.3, -0.25) is 10.1 Å². The Labute approximate surface area is 125 Å². The van der Waals surface area contributed by atoms with Gasteiger partial charge in [-0.25, -0.2) is 0 Å². The van der Waals surface area contributed by atoms with Gasteiger partial charge in [-0.1, -0.05) is 11.6 Å². The van der Waals surface area contributed by atoms with Crippen LogP contribution < -0.4 is 4.90 Å². The monoisotopic (exact) mass is 325 g/mol. The molecule has 0 aliphatic carbocycles. The molecule has 118 valence electrons. The van der Waals surface area contributed by atoms with Crippen molar-refractivity contribution in [1.82, 2.24) is 4.90 Å². The summed E-state index contributed by atoms with van der Waals surface area (Å²) in [7, 11) is 5.21. The number of hydrogen-bond donors (Lipinski definition) is 0. The molecule has 0 saturated carbocycles. The van der Waals surface area contributed by atoms with Crippen LogP contribution in [0.5, 0.6) is 0 Å². The fourth-order valence-corrected chi connectivity index (χ4v) is 1.96. The summed E-state index contributed by atoms with van der Waals surface area (Å²) in [6.07, 6.45) is -4.73. The van der Waals surface area contributed by atoms with Crippen molar-refractivity contribution >= 4 is 23.0 Å². The number of likely N-dealkylation sites (N-methyl/N-ethyl adjacent to an activating group) is 2. The largest absolute Gasteiger partial charge is 0.418 e. The van der Waals surface area contributed by atoms with Crippen LogP contribution in [0.2, 0.25) is 5.02 Å². The van der Waals surface area contributed by atoms with Crippen LogP contribution in [-0.2, 0) is 6.18 Å². The molecule has 0 aliphatic heterocycles. The highest BCUT2D eigenvalue weighted by atomic mass is 35.5. The molecule has 0 aromatic heterocycles. The van der Waals surface area contributed by atoms with E-state index in [0.717, 1.165) is 6.07 Å². The van der Waals surface area contributed by atoms with E-state index >= 15 is 0 Å². The summed E-state index contributed by atoms with van der Waals surface area (Å²) in [5, 5.41) is 10.5. The molecule has 1 aromatic rings. The lowest BCUT2D eigenvalue weighted by Gasteiger charge is -2.22. The number of nitro groups is 1. The molecule has 0 unspecified atom stereocenters. The first-order chi connectivity index (χ1) is 9.54. The first-order valence-corrected chi connectivity index (χ1v) is 6.33. The van der Waals surface area contributed by atoms with Crippen LogP contribution in [-0.4, -0.2) is 44.1 Å². The fraction of sp³-hybridized carbons (Fsp3) is 0.500. The minimum atomic E-state index is -4.73. The molecule has 0 spiro atoms. The van der Waals surface area contributed by atoms with E-state index in [4.69, 9.17) is 11.6 Å². The molecule has 0 heterocycles. The molecule has 0 amide bonds. The smallest absolute Gasteiger partial charge is 0.368 e. The lowest BCUT2D eigenvalue weighted by atomic mass is 10.1. The predicted octanol–water partition coefficient (Wildman–Crippen LogP) is 3.26. The fourth-order valence-electron chi connectivity index (χ4n) is 1.69. The molecule has 0 bridgehead atoms. The molecule has 0 saturated heterocycles. The maximum absolute atomic E-state index is 12.8. The van der Waals surface area contributed by atoms with Crippen molar-refractivity contribution in [3.63, 3.8) is 0 Å². The first kappa shape index (κ1) is 17.5. The van der Waals surface area contributed by atoms with Crippen molar-refractivity contribution in [1.29, 1.82) is 0 Å². The van der Waals surface area contributed by atoms with Crippen molar-refractivity contribution in [3.05, 3.63) is 32.8 Å². The van der Waals surface area contributed by atoms with Gasteiger partial charge in [0, 0.05) is 26.2 Å². The molecule has 0 aliphatic rings. The van der Waals surface area contributed by atoms with Crippen LogP contribution in [0.15, 0.2) is 12.1 Å². The maximum atomic E-state index is 12.8. The van der Waals surface area contributed by atoms with Crippen molar-refractivity contribution < 1.29 is 18.1 Å². The number of anilines is 1. The van der Waals surface area contributed by atoms with Gasteiger partial charge >= 0.3 is 6.18 Å². The Morgan fingerprint density at radius 1 is 1.24 bits per heavy atom. The van der Waals surface area contributed by atoms with Crippen LogP contribution >= 0.6 is 11.6 Å². The molecule has 0 N–H and O–H groups in total. The van der Waals surface area contributed by atoms with E-state index in [1.54, 1.807) is 7.05 Å². The van der Waals surface area contributed by atoms with Crippen LogP contribution in [0.1, 0.15) is 5.56 Å². The van der Waals surface area contributed by atoms with Gasteiger partial charge in [0.05, 0.1) is 15.5 Å². The van der Waals surface area contributed by atoms with Crippen molar-refractivity contribution in [2.24, 2.45) is 0 Å². The molecule has 9 heteroatoms. The number of rotatable bonds is 5. The topological polar surface area (TPSA) is 49.6 Å². The molecular formula is C12H15ClF3N3O2. The highest BCUT2D eigenvalue weighted by Crippen LogP contribution is 2.41. The Balaban J connectivity index is 3.26. The second-order valence-electron chi connectivity index (χ2n) is 4.80. The Morgan fingerprint density at radius 3 is 2.24 bits per heavy atom. The Kier molecular flexibility index (Phi) is 5.41. The summed E-state index contributed by atoms with van der Waals surface area (Å²) in [6, 6.07) is 1.46. The molecular weight excluding hydrogens is 311 g/mol. The minimum absolute atomic E-state index is 0.0554. The van der Waals surface area contributed by atoms with Crippen molar-refractivity contribution in [3.8, 4) is 0 Å². The van der Waals surface area contributed by atoms with Gasteiger partial charge in [0.1, 0.15) is 5.69 Å². The Bertz CT molecular complexity index is 535. The van der Waals surface area contributed by atoms with E-state index < -0.39 is 27.4 Å². The Morgan fingerprint density at radius 2 is 1.81 bits per heavy atom. The molecule has 5 nitrogen and oxygen atoms in total. The maximum Gasteiger partial charge on any atom is 0.418 e. The van der Waals surface area contributed by atoms with Gasteiger partial charge in [-0.2, -0.15) is 13.2 Å². The lowest BCUT2D eigenvalue weighted by Crippen LogP contribution is -2.29. The molecule has 0 fully saturated rings. The molecule has 21 heavy (non-hydrogen) atoms. The Hall–Kier alpha value is -1.54. The number of hydrogen-bond acceptors (Lipinski definition) is 4. The van der Waals surface area contributed by atoms with Crippen molar-refractivity contribution in [2.75, 3.05) is 39.1 Å². The number of nitro benzene ring substituents is 1. The summed E-state index contributed by atoms with van der Waals surface area (Å²) >= 11 is 5.62. The van der Waals surface area contributed by atoms with Crippen LogP contribution in [0.25, 0.3) is 0 Å². The zero-order chi connectivity index (χ0) is 16.4. The zero-order valence-corrected chi connectivity index (χ0v) is 12.5. The third-order valence-corrected chi connectivity index (χ3v) is 3.17. The van der Waals surface area contributed by atoms with Crippen LogP contribution in [0.3, 0.4) is 0 Å². The number of benzene rings is 1. The van der Waals surface area contributed by atoms with Crippen LogP contribution in [0, 0.1) is 10.1 Å². The SMILES string of the molecule is CN(C)CCN(C)c1cc(Cl)c(C(F)(F)F)cc1[N+](=O)[O-]. The molecule has 0 radical (unpaired) electrons. The molecule has 1 aromatic carbocycles. The number of halogens is 4. The van der Waals surface area contributed by atoms with Gasteiger partial charge in [-0.05, 0) is 20.2 Å². The summed E-state index contributed by atoms with van der Waals surface area (Å²) in [5.74, 6) is 0. The summed E-state index contributed by atoms with van der Waals surface area (Å²) in [6.45, 7) is 1.00. The lowest BCUT2D eigenvalue weighted by molar-refractivity contribution is -0.384. The van der Waals surface area contributed by atoms with E-state index in [1.165, 1.54) is 4.90 Å². The van der Waals surface area contributed by atoms with Crippen LogP contribution in [0.4, 0.5) is 24.5 Å². The average Bonchev–Trinajstić information content (AvgIpc) is 2.33. The van der Waals surface area contributed by atoms with E-state index in [2.05, 4.69) is 0 Å². The van der Waals surface area contributed by atoms with Gasteiger partial charge in [-0.15, -0.1) is 0 Å². The first-order valence-electron chi connectivity index (χ1n) is 5.95. The van der Waals surface area contributed by atoms with E-state index in [9.17, 15) is 23.3 Å². The summed E-state index contributed by atoms with van der Waals surface area (Å²) in [5.41, 5.74) is -1.77. The summed E-state index contributed by atoms with van der Waals surface area (Å²) < 4.78 is 38.3. The van der Waals surface area contributed by atoms with Gasteiger partial charge < -0.3 is 9.80 Å². The van der Waals surface area contributed by atoms with E-state index in [0.29, 0.717) is 19.2 Å². The predicted molar refractivity (Wildman–Crippen MR) is 74.9 cm³/mol. The standard InChI is InChI=1S/C12H15ClF3N3O2/c1-17(2)4-5-18(3)10-7-9(13)8(12(14,15)16)6-11(10)19(20)21/h6-7H,4-5H2,1-3H3. The third-order valence-electron chi connectivity index (χ3n) is 2.86. The summed E-state index contributed by atoms with van der Waals surface area (Å²) in [4.78, 5) is 13.5. The van der Waals surface area contributed by atoms with Crippen molar-refractivity contribution in [2.45, 2.75) is 6.18 Å². The van der Waals surface area contributed by atoms with Gasteiger partial charge in [0.15, 0.2) is 0 Å². The average molecular weight is 326 g/mol. The van der Waals surface area contributed by atoms with Gasteiger partial charge in [0.2, 0.25) is 0 Å². The molecule has 0 atom stereocenters. The van der Waals surface area contributed by atoms with Gasteiger partial charge in [0.25, 0.3) is 5.69 Å². The number of alkyl halides is 3. The highest BCUT2D eigenvalue weighted by Gasteiger charge is 2.36.